The molecule has 0 saturated carbocycles. The van der Waals surface area contributed by atoms with Crippen LogP contribution in [-0.4, -0.2) is 45.5 Å². The van der Waals surface area contributed by atoms with E-state index in [1.54, 1.807) is 17.2 Å². The molecule has 1 N–H and O–H groups in total. The van der Waals surface area contributed by atoms with Gasteiger partial charge in [0.1, 0.15) is 17.6 Å². The summed E-state index contributed by atoms with van der Waals surface area (Å²) in [5, 5.41) is 0. The molecule has 0 aliphatic carbocycles. The average Bonchev–Trinajstić information content (AvgIpc) is 2.93. The summed E-state index contributed by atoms with van der Waals surface area (Å²) >= 11 is 0. The van der Waals surface area contributed by atoms with Gasteiger partial charge in [0.15, 0.2) is 0 Å². The minimum atomic E-state index is -0.207. The highest BCUT2D eigenvalue weighted by molar-refractivity contribution is 5.92. The number of hydrogen-bond acceptors (Lipinski definition) is 4. The number of carbonyl (C=O) groups excluding carboxylic acids is 1. The molecule has 0 aromatic carbocycles. The first-order valence-electron chi connectivity index (χ1n) is 6.99. The maximum atomic E-state index is 12.5. The van der Waals surface area contributed by atoms with Crippen LogP contribution in [0.25, 0.3) is 0 Å². The van der Waals surface area contributed by atoms with Crippen molar-refractivity contribution >= 4 is 5.91 Å². The molecule has 0 bridgehead atoms. The van der Waals surface area contributed by atoms with Gasteiger partial charge in [-0.15, -0.1) is 0 Å². The topological polar surface area (TPSA) is 71.1 Å². The molecule has 1 saturated heterocycles. The van der Waals surface area contributed by atoms with Crippen molar-refractivity contribution in [3.8, 4) is 0 Å². The highest BCUT2D eigenvalue weighted by atomic mass is 16.5. The van der Waals surface area contributed by atoms with E-state index in [4.69, 9.17) is 4.74 Å². The predicted octanol–water partition coefficient (Wildman–Crippen LogP) is 1.64. The monoisotopic (exact) mass is 286 g/mol. The second-order valence-electron chi connectivity index (χ2n) is 5.23. The van der Waals surface area contributed by atoms with Crippen LogP contribution in [0.15, 0.2) is 24.4 Å². The van der Waals surface area contributed by atoms with Crippen molar-refractivity contribution in [2.45, 2.75) is 20.0 Å². The third-order valence-electron chi connectivity index (χ3n) is 3.49. The normalized spacial score (nSPS) is 18.8. The van der Waals surface area contributed by atoms with Crippen LogP contribution in [0.3, 0.4) is 0 Å². The summed E-state index contributed by atoms with van der Waals surface area (Å²) in [6.07, 6.45) is 1.56. The third kappa shape index (κ3) is 2.95. The van der Waals surface area contributed by atoms with Crippen LogP contribution in [0.5, 0.6) is 0 Å². The largest absolute Gasteiger partial charge is 0.367 e. The molecule has 6 nitrogen and oxygen atoms in total. The van der Waals surface area contributed by atoms with E-state index < -0.39 is 0 Å². The highest BCUT2D eigenvalue weighted by Crippen LogP contribution is 2.20. The van der Waals surface area contributed by atoms with E-state index >= 15 is 0 Å². The first kappa shape index (κ1) is 13.8. The van der Waals surface area contributed by atoms with Crippen molar-refractivity contribution in [1.29, 1.82) is 0 Å². The Morgan fingerprint density at radius 2 is 2.29 bits per heavy atom. The van der Waals surface area contributed by atoms with Crippen molar-refractivity contribution in [3.63, 3.8) is 0 Å². The molecule has 110 valence electrons. The van der Waals surface area contributed by atoms with Gasteiger partial charge in [0.25, 0.3) is 5.91 Å². The number of ether oxygens (including phenoxy) is 1. The molecule has 2 aromatic rings. The Labute approximate surface area is 123 Å². The van der Waals surface area contributed by atoms with Gasteiger partial charge in [0.2, 0.25) is 0 Å². The summed E-state index contributed by atoms with van der Waals surface area (Å²) in [7, 11) is 0. The van der Waals surface area contributed by atoms with Crippen LogP contribution in [0.2, 0.25) is 0 Å². The lowest BCUT2D eigenvalue weighted by Crippen LogP contribution is -2.42. The fraction of sp³-hybridized carbons (Fsp3) is 0.400. The van der Waals surface area contributed by atoms with Crippen molar-refractivity contribution < 1.29 is 9.53 Å². The fourth-order valence-electron chi connectivity index (χ4n) is 2.42. The Hall–Kier alpha value is -2.21. The van der Waals surface area contributed by atoms with E-state index in [2.05, 4.69) is 15.0 Å². The number of nitrogens with one attached hydrogen (secondary N) is 1. The lowest BCUT2D eigenvalue weighted by molar-refractivity contribution is -0.0266. The molecule has 3 rings (SSSR count). The van der Waals surface area contributed by atoms with E-state index in [1.165, 1.54) is 0 Å². The molecule has 0 unspecified atom stereocenters. The number of H-pyrrole nitrogens is 1. The number of imidazole rings is 1. The zero-order valence-corrected chi connectivity index (χ0v) is 12.2. The van der Waals surface area contributed by atoms with E-state index in [0.717, 1.165) is 17.2 Å². The molecular formula is C15H18N4O2. The van der Waals surface area contributed by atoms with Gasteiger partial charge in [-0.25, -0.2) is 9.97 Å². The van der Waals surface area contributed by atoms with E-state index in [-0.39, 0.29) is 12.0 Å². The van der Waals surface area contributed by atoms with E-state index in [1.807, 2.05) is 26.0 Å². The Bertz CT molecular complexity index is 653. The van der Waals surface area contributed by atoms with Crippen molar-refractivity contribution in [1.82, 2.24) is 19.9 Å². The van der Waals surface area contributed by atoms with Crippen LogP contribution in [0.1, 0.15) is 33.8 Å². The first-order valence-corrected chi connectivity index (χ1v) is 6.99. The van der Waals surface area contributed by atoms with E-state index in [0.29, 0.717) is 25.4 Å². The molecule has 2 aromatic heterocycles. The second kappa shape index (κ2) is 5.65. The van der Waals surface area contributed by atoms with Gasteiger partial charge in [0, 0.05) is 24.1 Å². The molecule has 1 amide bonds. The van der Waals surface area contributed by atoms with Gasteiger partial charge in [-0.3, -0.25) is 4.79 Å². The molecule has 1 atom stereocenters. The number of aryl methyl sites for hydroxylation is 2. The molecule has 6 heteroatoms. The zero-order chi connectivity index (χ0) is 14.8. The zero-order valence-electron chi connectivity index (χ0n) is 12.2. The smallest absolute Gasteiger partial charge is 0.272 e. The quantitative estimate of drug-likeness (QED) is 0.911. The molecular weight excluding hydrogens is 268 g/mol. The van der Waals surface area contributed by atoms with Crippen molar-refractivity contribution in [2.24, 2.45) is 0 Å². The first-order chi connectivity index (χ1) is 10.1. The van der Waals surface area contributed by atoms with Crippen LogP contribution in [0, 0.1) is 13.8 Å². The molecule has 0 radical (unpaired) electrons. The number of pyridine rings is 1. The number of rotatable bonds is 2. The summed E-state index contributed by atoms with van der Waals surface area (Å²) in [4.78, 5) is 26.0. The summed E-state index contributed by atoms with van der Waals surface area (Å²) in [5.74, 6) is 0.706. The molecule has 1 aliphatic rings. The Morgan fingerprint density at radius 3 is 3.00 bits per heavy atom. The van der Waals surface area contributed by atoms with Gasteiger partial charge in [-0.05, 0) is 26.0 Å². The SMILES string of the molecule is Cc1cccc(C(=O)N2CCO[C@@H](c3ncc(C)[nH]3)C2)n1. The maximum absolute atomic E-state index is 12.5. The maximum Gasteiger partial charge on any atom is 0.272 e. The Morgan fingerprint density at radius 1 is 1.43 bits per heavy atom. The molecule has 1 aliphatic heterocycles. The number of amides is 1. The number of morpholine rings is 1. The van der Waals surface area contributed by atoms with Gasteiger partial charge < -0.3 is 14.6 Å². The molecule has 0 spiro atoms. The molecule has 21 heavy (non-hydrogen) atoms. The Balaban J connectivity index is 1.75. The minimum Gasteiger partial charge on any atom is -0.367 e. The standard InChI is InChI=1S/C15H18N4O2/c1-10-4-3-5-12(17-10)15(20)19-6-7-21-13(9-19)14-16-8-11(2)18-14/h3-5,8,13H,6-7,9H2,1-2H3,(H,16,18)/t13-/m1/s1. The van der Waals surface area contributed by atoms with Crippen molar-refractivity contribution in [3.05, 3.63) is 47.3 Å². The second-order valence-corrected chi connectivity index (χ2v) is 5.23. The summed E-state index contributed by atoms with van der Waals surface area (Å²) in [6.45, 7) is 5.39. The number of hydrogen-bond donors (Lipinski definition) is 1. The average molecular weight is 286 g/mol. The van der Waals surface area contributed by atoms with Gasteiger partial charge in [-0.1, -0.05) is 6.07 Å². The van der Waals surface area contributed by atoms with Crippen LogP contribution in [0.4, 0.5) is 0 Å². The number of aromatic nitrogens is 3. The lowest BCUT2D eigenvalue weighted by Gasteiger charge is -2.31. The number of aromatic amines is 1. The van der Waals surface area contributed by atoms with Gasteiger partial charge in [-0.2, -0.15) is 0 Å². The summed E-state index contributed by atoms with van der Waals surface area (Å²) < 4.78 is 5.71. The van der Waals surface area contributed by atoms with E-state index in [9.17, 15) is 4.79 Å². The highest BCUT2D eigenvalue weighted by Gasteiger charge is 2.28. The minimum absolute atomic E-state index is 0.0599. The fourth-order valence-corrected chi connectivity index (χ4v) is 2.42. The van der Waals surface area contributed by atoms with Crippen LogP contribution in [-0.2, 0) is 4.74 Å². The van der Waals surface area contributed by atoms with Crippen LogP contribution >= 0.6 is 0 Å². The number of nitrogens with zero attached hydrogens (tertiary/aromatic N) is 3. The summed E-state index contributed by atoms with van der Waals surface area (Å²) in [6, 6.07) is 5.48. The van der Waals surface area contributed by atoms with Crippen LogP contribution < -0.4 is 0 Å². The molecule has 3 heterocycles. The van der Waals surface area contributed by atoms with Gasteiger partial charge >= 0.3 is 0 Å². The van der Waals surface area contributed by atoms with Crippen molar-refractivity contribution in [2.75, 3.05) is 19.7 Å². The third-order valence-corrected chi connectivity index (χ3v) is 3.49. The summed E-state index contributed by atoms with van der Waals surface area (Å²) in [5.41, 5.74) is 2.30. The number of carbonyl (C=O) groups is 1. The predicted molar refractivity (Wildman–Crippen MR) is 76.9 cm³/mol. The van der Waals surface area contributed by atoms with Gasteiger partial charge in [0.05, 0.1) is 13.2 Å². The lowest BCUT2D eigenvalue weighted by atomic mass is 10.2. The molecule has 1 fully saturated rings. The Kier molecular flexibility index (Phi) is 3.70.